The van der Waals surface area contributed by atoms with Crippen LogP contribution in [-0.4, -0.2) is 20.9 Å². The minimum atomic E-state index is -0.260. The predicted octanol–water partition coefficient (Wildman–Crippen LogP) is 1.89. The van der Waals surface area contributed by atoms with Crippen LogP contribution in [0.2, 0.25) is 0 Å². The SMILES string of the molecule is O=C(Nc1cnc(Br)cn1)c1cccnc1. The van der Waals surface area contributed by atoms with Crippen molar-refractivity contribution in [3.63, 3.8) is 0 Å². The Hall–Kier alpha value is -1.82. The van der Waals surface area contributed by atoms with Crippen molar-refractivity contribution in [1.29, 1.82) is 0 Å². The van der Waals surface area contributed by atoms with E-state index in [1.807, 2.05) is 0 Å². The monoisotopic (exact) mass is 278 g/mol. The summed E-state index contributed by atoms with van der Waals surface area (Å²) in [5.74, 6) is 0.141. The molecule has 1 amide bonds. The molecule has 16 heavy (non-hydrogen) atoms. The summed E-state index contributed by atoms with van der Waals surface area (Å²) >= 11 is 3.16. The molecule has 1 N–H and O–H groups in total. The summed E-state index contributed by atoms with van der Waals surface area (Å²) in [5, 5.41) is 2.61. The number of anilines is 1. The number of amides is 1. The van der Waals surface area contributed by atoms with E-state index in [0.717, 1.165) is 0 Å². The van der Waals surface area contributed by atoms with Gasteiger partial charge in [0.25, 0.3) is 5.91 Å². The molecule has 80 valence electrons. The van der Waals surface area contributed by atoms with E-state index in [9.17, 15) is 4.79 Å². The van der Waals surface area contributed by atoms with Crippen molar-refractivity contribution in [1.82, 2.24) is 15.0 Å². The molecule has 2 aromatic rings. The van der Waals surface area contributed by atoms with Crippen molar-refractivity contribution >= 4 is 27.7 Å². The Bertz CT molecular complexity index is 486. The number of nitrogens with one attached hydrogen (secondary N) is 1. The Morgan fingerprint density at radius 2 is 2.12 bits per heavy atom. The van der Waals surface area contributed by atoms with Gasteiger partial charge in [0.1, 0.15) is 4.60 Å². The van der Waals surface area contributed by atoms with Crippen LogP contribution in [-0.2, 0) is 0 Å². The Morgan fingerprint density at radius 1 is 1.25 bits per heavy atom. The third kappa shape index (κ3) is 2.60. The van der Waals surface area contributed by atoms with Gasteiger partial charge in [0, 0.05) is 12.4 Å². The number of aromatic nitrogens is 3. The van der Waals surface area contributed by atoms with Crippen LogP contribution in [0.4, 0.5) is 5.82 Å². The summed E-state index contributed by atoms with van der Waals surface area (Å²) in [6, 6.07) is 3.37. The lowest BCUT2D eigenvalue weighted by atomic mass is 10.3. The molecule has 5 nitrogen and oxygen atoms in total. The average molecular weight is 279 g/mol. The van der Waals surface area contributed by atoms with Gasteiger partial charge < -0.3 is 5.32 Å². The van der Waals surface area contributed by atoms with Gasteiger partial charge in [0.15, 0.2) is 5.82 Å². The molecule has 0 aliphatic carbocycles. The van der Waals surface area contributed by atoms with Gasteiger partial charge in [-0.25, -0.2) is 9.97 Å². The number of halogens is 1. The molecule has 2 heterocycles. The zero-order valence-electron chi connectivity index (χ0n) is 8.09. The number of hydrogen-bond acceptors (Lipinski definition) is 4. The van der Waals surface area contributed by atoms with E-state index in [2.05, 4.69) is 36.2 Å². The molecule has 2 aromatic heterocycles. The maximum atomic E-state index is 11.7. The van der Waals surface area contributed by atoms with Crippen molar-refractivity contribution in [2.75, 3.05) is 5.32 Å². The van der Waals surface area contributed by atoms with Crippen molar-refractivity contribution in [3.8, 4) is 0 Å². The third-order valence-electron chi connectivity index (χ3n) is 1.79. The van der Waals surface area contributed by atoms with Crippen molar-refractivity contribution in [2.24, 2.45) is 0 Å². The molecule has 0 radical (unpaired) electrons. The summed E-state index contributed by atoms with van der Waals surface area (Å²) in [4.78, 5) is 23.5. The summed E-state index contributed by atoms with van der Waals surface area (Å²) in [5.41, 5.74) is 0.479. The lowest BCUT2D eigenvalue weighted by molar-refractivity contribution is 0.102. The highest BCUT2D eigenvalue weighted by atomic mass is 79.9. The second-order valence-electron chi connectivity index (χ2n) is 2.92. The van der Waals surface area contributed by atoms with E-state index in [0.29, 0.717) is 16.0 Å². The highest BCUT2D eigenvalue weighted by Crippen LogP contribution is 2.07. The van der Waals surface area contributed by atoms with Crippen LogP contribution in [0.25, 0.3) is 0 Å². The highest BCUT2D eigenvalue weighted by Gasteiger charge is 2.06. The van der Waals surface area contributed by atoms with E-state index in [4.69, 9.17) is 0 Å². The minimum absolute atomic E-state index is 0.260. The molecule has 0 saturated carbocycles. The van der Waals surface area contributed by atoms with Gasteiger partial charge in [-0.3, -0.25) is 9.78 Å². The molecular weight excluding hydrogens is 272 g/mol. The maximum absolute atomic E-state index is 11.7. The van der Waals surface area contributed by atoms with Crippen molar-refractivity contribution in [2.45, 2.75) is 0 Å². The number of hydrogen-bond donors (Lipinski definition) is 1. The fourth-order valence-electron chi connectivity index (χ4n) is 1.06. The van der Waals surface area contributed by atoms with E-state index < -0.39 is 0 Å². The van der Waals surface area contributed by atoms with E-state index in [1.54, 1.807) is 18.3 Å². The number of carbonyl (C=O) groups is 1. The van der Waals surface area contributed by atoms with E-state index in [-0.39, 0.29) is 5.91 Å². The van der Waals surface area contributed by atoms with Crippen LogP contribution in [0, 0.1) is 0 Å². The molecular formula is C10H7BrN4O. The highest BCUT2D eigenvalue weighted by molar-refractivity contribution is 9.10. The van der Waals surface area contributed by atoms with Crippen LogP contribution < -0.4 is 5.32 Å². The van der Waals surface area contributed by atoms with Gasteiger partial charge in [-0.1, -0.05) is 0 Å². The van der Waals surface area contributed by atoms with Gasteiger partial charge in [-0.15, -0.1) is 0 Å². The lowest BCUT2D eigenvalue weighted by Gasteiger charge is -2.02. The zero-order chi connectivity index (χ0) is 11.4. The quantitative estimate of drug-likeness (QED) is 0.911. The first-order chi connectivity index (χ1) is 7.75. The largest absolute Gasteiger partial charge is 0.305 e. The summed E-state index contributed by atoms with van der Waals surface area (Å²) in [6.07, 6.45) is 6.08. The van der Waals surface area contributed by atoms with Crippen LogP contribution in [0.3, 0.4) is 0 Å². The Balaban J connectivity index is 2.11. The van der Waals surface area contributed by atoms with Crippen LogP contribution >= 0.6 is 15.9 Å². The molecule has 0 spiro atoms. The first-order valence-corrected chi connectivity index (χ1v) is 5.24. The first kappa shape index (κ1) is 10.7. The fraction of sp³-hybridized carbons (Fsp3) is 0. The Morgan fingerprint density at radius 3 is 2.75 bits per heavy atom. The smallest absolute Gasteiger partial charge is 0.258 e. The van der Waals surface area contributed by atoms with Crippen LogP contribution in [0.15, 0.2) is 41.5 Å². The topological polar surface area (TPSA) is 67.8 Å². The molecule has 6 heteroatoms. The van der Waals surface area contributed by atoms with Gasteiger partial charge in [-0.2, -0.15) is 0 Å². The number of nitrogens with zero attached hydrogens (tertiary/aromatic N) is 3. The fourth-order valence-corrected chi connectivity index (χ4v) is 1.27. The number of rotatable bonds is 2. The molecule has 0 saturated heterocycles. The molecule has 0 bridgehead atoms. The second-order valence-corrected chi connectivity index (χ2v) is 3.73. The lowest BCUT2D eigenvalue weighted by Crippen LogP contribution is -2.13. The average Bonchev–Trinajstić information content (AvgIpc) is 2.33. The normalized spacial score (nSPS) is 9.81. The molecule has 0 unspecified atom stereocenters. The minimum Gasteiger partial charge on any atom is -0.305 e. The molecule has 0 fully saturated rings. The summed E-state index contributed by atoms with van der Waals surface area (Å²) < 4.78 is 0.617. The molecule has 0 aliphatic heterocycles. The Labute approximate surface area is 100 Å². The van der Waals surface area contributed by atoms with Crippen LogP contribution in [0.5, 0.6) is 0 Å². The molecule has 0 aliphatic rings. The number of pyridine rings is 1. The standard InChI is InChI=1S/C10H7BrN4O/c11-8-5-14-9(6-13-8)15-10(16)7-2-1-3-12-4-7/h1-6H,(H,14,15,16). The Kier molecular flexibility index (Phi) is 3.21. The third-order valence-corrected chi connectivity index (χ3v) is 2.20. The zero-order valence-corrected chi connectivity index (χ0v) is 9.68. The van der Waals surface area contributed by atoms with Gasteiger partial charge in [0.2, 0.25) is 0 Å². The molecule has 0 atom stereocenters. The predicted molar refractivity (Wildman–Crippen MR) is 61.9 cm³/mol. The number of carbonyl (C=O) groups excluding carboxylic acids is 1. The van der Waals surface area contributed by atoms with E-state index >= 15 is 0 Å². The molecule has 2 rings (SSSR count). The van der Waals surface area contributed by atoms with Crippen molar-refractivity contribution < 1.29 is 4.79 Å². The van der Waals surface area contributed by atoms with Gasteiger partial charge in [-0.05, 0) is 28.1 Å². The maximum Gasteiger partial charge on any atom is 0.258 e. The second kappa shape index (κ2) is 4.80. The van der Waals surface area contributed by atoms with Crippen molar-refractivity contribution in [3.05, 3.63) is 47.1 Å². The van der Waals surface area contributed by atoms with Crippen LogP contribution in [0.1, 0.15) is 10.4 Å². The first-order valence-electron chi connectivity index (χ1n) is 4.44. The van der Waals surface area contributed by atoms with E-state index in [1.165, 1.54) is 18.6 Å². The molecule has 0 aromatic carbocycles. The van der Waals surface area contributed by atoms with Gasteiger partial charge in [0.05, 0.1) is 18.0 Å². The summed E-state index contributed by atoms with van der Waals surface area (Å²) in [7, 11) is 0. The summed E-state index contributed by atoms with van der Waals surface area (Å²) in [6.45, 7) is 0. The van der Waals surface area contributed by atoms with Gasteiger partial charge >= 0.3 is 0 Å².